The normalized spacial score (nSPS) is 13.7. The molecule has 0 atom stereocenters. The average molecular weight is 444 g/mol. The van der Waals surface area contributed by atoms with E-state index in [4.69, 9.17) is 4.74 Å². The highest BCUT2D eigenvalue weighted by Gasteiger charge is 2.27. The first-order valence-electron chi connectivity index (χ1n) is 9.82. The van der Waals surface area contributed by atoms with Crippen LogP contribution in [0.3, 0.4) is 0 Å². The summed E-state index contributed by atoms with van der Waals surface area (Å²) in [5.41, 5.74) is 7.11. The van der Waals surface area contributed by atoms with Crippen molar-refractivity contribution in [3.8, 4) is 5.75 Å². The molecule has 1 aliphatic carbocycles. The molecule has 0 unspecified atom stereocenters. The van der Waals surface area contributed by atoms with Gasteiger partial charge in [-0.1, -0.05) is 24.3 Å². The van der Waals surface area contributed by atoms with E-state index in [0.717, 1.165) is 24.0 Å². The molecule has 31 heavy (non-hydrogen) atoms. The maximum atomic E-state index is 12.1. The Morgan fingerprint density at radius 3 is 2.45 bits per heavy atom. The van der Waals surface area contributed by atoms with E-state index in [9.17, 15) is 18.0 Å². The quantitative estimate of drug-likeness (QED) is 0.427. The molecule has 2 aromatic rings. The van der Waals surface area contributed by atoms with E-state index >= 15 is 0 Å². The molecule has 0 bridgehead atoms. The molecule has 1 fully saturated rings. The second-order valence-corrected chi connectivity index (χ2v) is 9.11. The number of ether oxygens (including phenoxy) is 1. The van der Waals surface area contributed by atoms with Gasteiger partial charge in [-0.15, -0.1) is 0 Å². The van der Waals surface area contributed by atoms with Crippen molar-refractivity contribution in [3.05, 3.63) is 65.2 Å². The van der Waals surface area contributed by atoms with Gasteiger partial charge in [0.05, 0.1) is 4.90 Å². The lowest BCUT2D eigenvalue weighted by Gasteiger charge is -2.10. The van der Waals surface area contributed by atoms with Gasteiger partial charge in [0.1, 0.15) is 5.75 Å². The van der Waals surface area contributed by atoms with Crippen molar-refractivity contribution in [2.24, 2.45) is 0 Å². The monoisotopic (exact) mass is 443 g/mol. The van der Waals surface area contributed by atoms with Crippen molar-refractivity contribution in [1.29, 1.82) is 0 Å². The molecule has 0 aliphatic heterocycles. The Kier molecular flexibility index (Phi) is 7.09. The highest BCUT2D eigenvalue weighted by molar-refractivity contribution is 7.89. The summed E-state index contributed by atoms with van der Waals surface area (Å²) < 4.78 is 32.4. The molecule has 0 saturated heterocycles. The average Bonchev–Trinajstić information content (AvgIpc) is 3.55. The largest absolute Gasteiger partial charge is 0.483 e. The maximum Gasteiger partial charge on any atom is 0.276 e. The number of nitrogens with one attached hydrogen (secondary N) is 3. The van der Waals surface area contributed by atoms with Crippen LogP contribution in [0, 0.1) is 13.8 Å². The highest BCUT2D eigenvalue weighted by Crippen LogP contribution is 2.22. The van der Waals surface area contributed by atoms with Crippen molar-refractivity contribution in [1.82, 2.24) is 15.6 Å². The molecular formula is C22H25N3O5S. The van der Waals surface area contributed by atoms with E-state index in [1.54, 1.807) is 12.1 Å². The molecule has 1 saturated carbocycles. The standard InChI is InChI=1S/C22H25N3O5S/c1-15-3-4-16(2)20(13-15)30-14-22(27)24-23-21(26)12-7-17-5-10-19(11-6-17)31(28,29)25-18-8-9-18/h3-7,10-13,18,25H,8-9,14H2,1-2H3,(H,23,26)(H,24,27)/b12-7+. The Labute approximate surface area is 181 Å². The molecule has 0 spiro atoms. The molecule has 164 valence electrons. The van der Waals surface area contributed by atoms with Gasteiger partial charge >= 0.3 is 0 Å². The SMILES string of the molecule is Cc1ccc(C)c(OCC(=O)NNC(=O)/C=C/c2ccc(S(=O)(=O)NC3CC3)cc2)c1. The zero-order valence-electron chi connectivity index (χ0n) is 17.3. The molecule has 0 aromatic heterocycles. The number of hydrazine groups is 1. The first-order valence-corrected chi connectivity index (χ1v) is 11.3. The van der Waals surface area contributed by atoms with Crippen LogP contribution in [0.5, 0.6) is 5.75 Å². The fourth-order valence-electron chi connectivity index (χ4n) is 2.63. The Morgan fingerprint density at radius 2 is 1.77 bits per heavy atom. The van der Waals surface area contributed by atoms with Crippen LogP contribution in [0.15, 0.2) is 53.4 Å². The van der Waals surface area contributed by atoms with Crippen LogP contribution in [0.1, 0.15) is 29.5 Å². The summed E-state index contributed by atoms with van der Waals surface area (Å²) in [6.07, 6.45) is 4.48. The number of hydrogen-bond donors (Lipinski definition) is 3. The number of sulfonamides is 1. The molecule has 8 nitrogen and oxygen atoms in total. The van der Waals surface area contributed by atoms with Crippen LogP contribution in [-0.4, -0.2) is 32.9 Å². The van der Waals surface area contributed by atoms with E-state index in [0.29, 0.717) is 11.3 Å². The van der Waals surface area contributed by atoms with Gasteiger partial charge in [-0.05, 0) is 67.7 Å². The number of benzene rings is 2. The van der Waals surface area contributed by atoms with Crippen LogP contribution in [0.2, 0.25) is 0 Å². The highest BCUT2D eigenvalue weighted by atomic mass is 32.2. The third-order valence-electron chi connectivity index (χ3n) is 4.54. The number of hydrogen-bond acceptors (Lipinski definition) is 5. The molecule has 1 aliphatic rings. The van der Waals surface area contributed by atoms with Crippen molar-refractivity contribution >= 4 is 27.9 Å². The van der Waals surface area contributed by atoms with Crippen molar-refractivity contribution in [2.75, 3.05) is 6.61 Å². The summed E-state index contributed by atoms with van der Waals surface area (Å²) in [5, 5.41) is 0. The first kappa shape index (κ1) is 22.5. The van der Waals surface area contributed by atoms with E-state index in [1.807, 2.05) is 32.0 Å². The molecule has 2 amide bonds. The Hall–Kier alpha value is -3.17. The van der Waals surface area contributed by atoms with Crippen LogP contribution < -0.4 is 20.3 Å². The third-order valence-corrected chi connectivity index (χ3v) is 6.08. The summed E-state index contributed by atoms with van der Waals surface area (Å²) in [6.45, 7) is 3.57. The van der Waals surface area contributed by atoms with Crippen LogP contribution in [0.4, 0.5) is 0 Å². The van der Waals surface area contributed by atoms with E-state index in [-0.39, 0.29) is 17.5 Å². The second kappa shape index (κ2) is 9.76. The number of carbonyl (C=O) groups excluding carboxylic acids is 2. The molecule has 2 aromatic carbocycles. The fraction of sp³-hybridized carbons (Fsp3) is 0.273. The molecule has 0 radical (unpaired) electrons. The van der Waals surface area contributed by atoms with Gasteiger partial charge < -0.3 is 4.74 Å². The van der Waals surface area contributed by atoms with E-state index in [2.05, 4.69) is 15.6 Å². The zero-order valence-corrected chi connectivity index (χ0v) is 18.2. The molecule has 0 heterocycles. The number of amides is 2. The number of rotatable bonds is 8. The molecule has 3 rings (SSSR count). The topological polar surface area (TPSA) is 114 Å². The second-order valence-electron chi connectivity index (χ2n) is 7.39. The van der Waals surface area contributed by atoms with E-state index < -0.39 is 21.8 Å². The summed E-state index contributed by atoms with van der Waals surface area (Å²) in [7, 11) is -3.51. The molecular weight excluding hydrogens is 418 g/mol. The van der Waals surface area contributed by atoms with Crippen LogP contribution in [-0.2, 0) is 19.6 Å². The minimum absolute atomic E-state index is 0.0368. The maximum absolute atomic E-state index is 12.1. The third kappa shape index (κ3) is 6.94. The first-order chi connectivity index (χ1) is 14.7. The van der Waals surface area contributed by atoms with Crippen LogP contribution in [0.25, 0.3) is 6.08 Å². The summed E-state index contributed by atoms with van der Waals surface area (Å²) >= 11 is 0. The Bertz CT molecular complexity index is 1090. The van der Waals surface area contributed by atoms with Crippen molar-refractivity contribution < 1.29 is 22.7 Å². The summed E-state index contributed by atoms with van der Waals surface area (Å²) in [5.74, 6) is -0.424. The minimum atomic E-state index is -3.51. The van der Waals surface area contributed by atoms with Gasteiger partial charge in [0.15, 0.2) is 6.61 Å². The fourth-order valence-corrected chi connectivity index (χ4v) is 3.94. The summed E-state index contributed by atoms with van der Waals surface area (Å²) in [4.78, 5) is 23.9. The predicted molar refractivity (Wildman–Crippen MR) is 117 cm³/mol. The lowest BCUT2D eigenvalue weighted by atomic mass is 10.1. The molecule has 9 heteroatoms. The van der Waals surface area contributed by atoms with Gasteiger partial charge in [-0.3, -0.25) is 20.4 Å². The Morgan fingerprint density at radius 1 is 1.06 bits per heavy atom. The summed E-state index contributed by atoms with van der Waals surface area (Å²) in [6, 6.07) is 11.9. The van der Waals surface area contributed by atoms with Crippen molar-refractivity contribution in [3.63, 3.8) is 0 Å². The lowest BCUT2D eigenvalue weighted by molar-refractivity contribution is -0.128. The number of carbonyl (C=O) groups is 2. The van der Waals surface area contributed by atoms with Gasteiger partial charge in [0, 0.05) is 12.1 Å². The number of aryl methyl sites for hydroxylation is 2. The minimum Gasteiger partial charge on any atom is -0.483 e. The van der Waals surface area contributed by atoms with Crippen molar-refractivity contribution in [2.45, 2.75) is 37.6 Å². The van der Waals surface area contributed by atoms with Gasteiger partial charge in [-0.25, -0.2) is 13.1 Å². The van der Waals surface area contributed by atoms with Gasteiger partial charge in [0.2, 0.25) is 10.0 Å². The smallest absolute Gasteiger partial charge is 0.276 e. The zero-order chi connectivity index (χ0) is 22.4. The predicted octanol–water partition coefficient (Wildman–Crippen LogP) is 1.98. The molecule has 3 N–H and O–H groups in total. The Balaban J connectivity index is 1.44. The lowest BCUT2D eigenvalue weighted by Crippen LogP contribution is -2.43. The van der Waals surface area contributed by atoms with Gasteiger partial charge in [-0.2, -0.15) is 0 Å². The van der Waals surface area contributed by atoms with Crippen LogP contribution >= 0.6 is 0 Å². The van der Waals surface area contributed by atoms with E-state index in [1.165, 1.54) is 24.3 Å². The van der Waals surface area contributed by atoms with Gasteiger partial charge in [0.25, 0.3) is 11.8 Å².